The van der Waals surface area contributed by atoms with E-state index in [1.54, 1.807) is 19.1 Å². The Kier molecular flexibility index (Phi) is 3.52. The van der Waals surface area contributed by atoms with Gasteiger partial charge in [-0.3, -0.25) is 0 Å². The van der Waals surface area contributed by atoms with Gasteiger partial charge in [-0.1, -0.05) is 30.3 Å². The molecule has 1 aromatic carbocycles. The summed E-state index contributed by atoms with van der Waals surface area (Å²) >= 11 is 0. The van der Waals surface area contributed by atoms with Crippen LogP contribution in [0.15, 0.2) is 30.3 Å². The van der Waals surface area contributed by atoms with Crippen LogP contribution in [-0.4, -0.2) is 25.5 Å². The zero-order valence-electron chi connectivity index (χ0n) is 8.97. The highest BCUT2D eigenvalue weighted by molar-refractivity contribution is 7.90. The van der Waals surface area contributed by atoms with E-state index in [1.807, 2.05) is 18.2 Å². The molecule has 1 unspecified atom stereocenters. The van der Waals surface area contributed by atoms with Crippen molar-refractivity contribution in [3.05, 3.63) is 35.9 Å². The predicted octanol–water partition coefficient (Wildman–Crippen LogP) is 1.33. The second kappa shape index (κ2) is 4.33. The summed E-state index contributed by atoms with van der Waals surface area (Å²) in [5.74, 6) is -0.00507. The monoisotopic (exact) mass is 228 g/mol. The van der Waals surface area contributed by atoms with Crippen LogP contribution in [0.3, 0.4) is 0 Å². The van der Waals surface area contributed by atoms with Gasteiger partial charge < -0.3 is 5.11 Å². The van der Waals surface area contributed by atoms with Gasteiger partial charge in [-0.25, -0.2) is 8.42 Å². The zero-order valence-corrected chi connectivity index (χ0v) is 9.79. The van der Waals surface area contributed by atoms with E-state index in [0.717, 1.165) is 5.56 Å². The number of aliphatic hydroxyl groups is 1. The highest BCUT2D eigenvalue weighted by atomic mass is 32.2. The lowest BCUT2D eigenvalue weighted by Crippen LogP contribution is -2.24. The van der Waals surface area contributed by atoms with Crippen LogP contribution in [0.1, 0.15) is 18.9 Å². The van der Waals surface area contributed by atoms with Crippen molar-refractivity contribution < 1.29 is 13.5 Å². The number of hydrogen-bond acceptors (Lipinski definition) is 3. The van der Waals surface area contributed by atoms with Crippen LogP contribution in [-0.2, 0) is 15.4 Å². The molecule has 1 rings (SSSR count). The minimum absolute atomic E-state index is 0.00507. The van der Waals surface area contributed by atoms with Gasteiger partial charge in [0.05, 0.1) is 11.4 Å². The Labute approximate surface area is 90.7 Å². The molecule has 0 radical (unpaired) electrons. The third kappa shape index (κ3) is 4.01. The van der Waals surface area contributed by atoms with Crippen LogP contribution in [0.25, 0.3) is 0 Å². The Morgan fingerprint density at radius 1 is 1.27 bits per heavy atom. The maximum absolute atomic E-state index is 11.0. The third-order valence-corrected chi connectivity index (χ3v) is 3.30. The smallest absolute Gasteiger partial charge is 0.147 e. The minimum Gasteiger partial charge on any atom is -0.385 e. The van der Waals surface area contributed by atoms with E-state index >= 15 is 0 Å². The van der Waals surface area contributed by atoms with Crippen LogP contribution < -0.4 is 0 Å². The van der Waals surface area contributed by atoms with E-state index in [2.05, 4.69) is 0 Å². The second-order valence-electron chi connectivity index (χ2n) is 4.02. The molecule has 0 heterocycles. The predicted molar refractivity (Wildman–Crippen MR) is 60.3 cm³/mol. The molecule has 84 valence electrons. The number of hydrogen-bond donors (Lipinski definition) is 1. The molecule has 0 fully saturated rings. The van der Waals surface area contributed by atoms with Gasteiger partial charge in [0, 0.05) is 6.26 Å². The van der Waals surface area contributed by atoms with Crippen LogP contribution >= 0.6 is 0 Å². The first-order chi connectivity index (χ1) is 6.81. The van der Waals surface area contributed by atoms with Crippen molar-refractivity contribution in [2.75, 3.05) is 12.0 Å². The average Bonchev–Trinajstić information content (AvgIpc) is 2.16. The van der Waals surface area contributed by atoms with Gasteiger partial charge in [-0.05, 0) is 18.9 Å². The molecule has 0 amide bonds. The molecular weight excluding hydrogens is 212 g/mol. The molecule has 0 saturated carbocycles. The topological polar surface area (TPSA) is 54.4 Å². The van der Waals surface area contributed by atoms with E-state index in [0.29, 0.717) is 0 Å². The molecule has 0 spiro atoms. The maximum Gasteiger partial charge on any atom is 0.147 e. The number of benzene rings is 1. The van der Waals surface area contributed by atoms with E-state index < -0.39 is 15.4 Å². The lowest BCUT2D eigenvalue weighted by atomic mass is 9.94. The van der Waals surface area contributed by atoms with E-state index in [4.69, 9.17) is 0 Å². The summed E-state index contributed by atoms with van der Waals surface area (Å²) in [5.41, 5.74) is -0.335. The molecule has 0 saturated heterocycles. The Bertz CT molecular complexity index is 407. The summed E-state index contributed by atoms with van der Waals surface area (Å²) in [6.07, 6.45) is 1.39. The molecule has 1 aromatic rings. The first kappa shape index (κ1) is 12.2. The molecule has 0 aromatic heterocycles. The number of rotatable bonds is 4. The van der Waals surface area contributed by atoms with E-state index in [1.165, 1.54) is 6.26 Å². The average molecular weight is 228 g/mol. The quantitative estimate of drug-likeness (QED) is 0.845. The normalized spacial score (nSPS) is 15.9. The standard InChI is InChI=1S/C11H16O3S/c1-11(12,8-9-15(2,13)14)10-6-4-3-5-7-10/h3-7,12H,8-9H2,1-2H3. The Hall–Kier alpha value is -0.870. The van der Waals surface area contributed by atoms with Crippen molar-refractivity contribution in [2.24, 2.45) is 0 Å². The lowest BCUT2D eigenvalue weighted by Gasteiger charge is -2.23. The molecule has 15 heavy (non-hydrogen) atoms. The van der Waals surface area contributed by atoms with Gasteiger partial charge in [-0.15, -0.1) is 0 Å². The SMILES string of the molecule is CC(O)(CCS(C)(=O)=O)c1ccccc1. The molecule has 1 N–H and O–H groups in total. The molecule has 4 heteroatoms. The fourth-order valence-corrected chi connectivity index (χ4v) is 2.09. The van der Waals surface area contributed by atoms with Gasteiger partial charge in [0.15, 0.2) is 0 Å². The highest BCUT2D eigenvalue weighted by Crippen LogP contribution is 2.24. The van der Waals surface area contributed by atoms with Crippen LogP contribution in [0.5, 0.6) is 0 Å². The van der Waals surface area contributed by atoms with Gasteiger partial charge >= 0.3 is 0 Å². The van der Waals surface area contributed by atoms with Gasteiger partial charge in [0.25, 0.3) is 0 Å². The summed E-state index contributed by atoms with van der Waals surface area (Å²) in [5, 5.41) is 10.1. The van der Waals surface area contributed by atoms with Gasteiger partial charge in [0.1, 0.15) is 9.84 Å². The maximum atomic E-state index is 11.0. The minimum atomic E-state index is -3.03. The summed E-state index contributed by atoms with van der Waals surface area (Å²) in [6, 6.07) is 9.09. The lowest BCUT2D eigenvalue weighted by molar-refractivity contribution is 0.0539. The van der Waals surface area contributed by atoms with Crippen molar-refractivity contribution in [1.29, 1.82) is 0 Å². The molecule has 1 atom stereocenters. The molecule has 0 bridgehead atoms. The van der Waals surface area contributed by atoms with E-state index in [-0.39, 0.29) is 12.2 Å². The Balaban J connectivity index is 2.76. The Morgan fingerprint density at radius 3 is 2.27 bits per heavy atom. The first-order valence-corrected chi connectivity index (χ1v) is 6.83. The van der Waals surface area contributed by atoms with Crippen molar-refractivity contribution >= 4 is 9.84 Å². The van der Waals surface area contributed by atoms with Crippen LogP contribution in [0.2, 0.25) is 0 Å². The fourth-order valence-electron chi connectivity index (χ4n) is 1.33. The van der Waals surface area contributed by atoms with Crippen molar-refractivity contribution in [3.8, 4) is 0 Å². The van der Waals surface area contributed by atoms with Gasteiger partial charge in [-0.2, -0.15) is 0 Å². The molecule has 0 aliphatic heterocycles. The summed E-state index contributed by atoms with van der Waals surface area (Å²) in [6.45, 7) is 1.63. The van der Waals surface area contributed by atoms with Crippen molar-refractivity contribution in [1.82, 2.24) is 0 Å². The second-order valence-corrected chi connectivity index (χ2v) is 6.28. The first-order valence-electron chi connectivity index (χ1n) is 4.77. The molecule has 0 aliphatic carbocycles. The molecule has 3 nitrogen and oxygen atoms in total. The van der Waals surface area contributed by atoms with Crippen LogP contribution in [0.4, 0.5) is 0 Å². The Morgan fingerprint density at radius 2 is 1.80 bits per heavy atom. The largest absolute Gasteiger partial charge is 0.385 e. The highest BCUT2D eigenvalue weighted by Gasteiger charge is 2.24. The van der Waals surface area contributed by atoms with E-state index in [9.17, 15) is 13.5 Å². The van der Waals surface area contributed by atoms with Gasteiger partial charge in [0.2, 0.25) is 0 Å². The summed E-state index contributed by atoms with van der Waals surface area (Å²) in [4.78, 5) is 0. The molecular formula is C11H16O3S. The van der Waals surface area contributed by atoms with Crippen molar-refractivity contribution in [2.45, 2.75) is 18.9 Å². The fraction of sp³-hybridized carbons (Fsp3) is 0.455. The summed E-state index contributed by atoms with van der Waals surface area (Å²) < 4.78 is 22.0. The third-order valence-electron chi connectivity index (χ3n) is 2.36. The summed E-state index contributed by atoms with van der Waals surface area (Å²) in [7, 11) is -3.03. The van der Waals surface area contributed by atoms with Crippen molar-refractivity contribution in [3.63, 3.8) is 0 Å². The number of sulfone groups is 1. The molecule has 0 aliphatic rings. The zero-order chi connectivity index (χ0) is 11.5. The van der Waals surface area contributed by atoms with Crippen LogP contribution in [0, 0.1) is 0 Å².